The molecular weight excluding hydrogens is 342 g/mol. The van der Waals surface area contributed by atoms with Crippen molar-refractivity contribution in [3.63, 3.8) is 0 Å². The number of benzene rings is 1. The van der Waals surface area contributed by atoms with Crippen molar-refractivity contribution < 1.29 is 19.5 Å². The fourth-order valence-corrected chi connectivity index (χ4v) is 2.07. The van der Waals surface area contributed by atoms with Gasteiger partial charge in [-0.05, 0) is 48.0 Å². The number of primary amides is 1. The Bertz CT molecular complexity index is 575. The summed E-state index contributed by atoms with van der Waals surface area (Å²) in [6.45, 7) is 3.31. The Labute approximate surface area is 130 Å². The summed E-state index contributed by atoms with van der Waals surface area (Å²) >= 11 is 3.19. The molecule has 1 aromatic rings. The molecule has 0 unspecified atom stereocenters. The molecule has 0 heterocycles. The topological polar surface area (TPSA) is 113 Å². The number of anilines is 1. The molecule has 0 radical (unpaired) electrons. The van der Waals surface area contributed by atoms with Crippen molar-refractivity contribution in [2.75, 3.05) is 11.9 Å². The lowest BCUT2D eigenvalue weighted by atomic mass is 10.2. The van der Waals surface area contributed by atoms with E-state index in [4.69, 9.17) is 10.8 Å². The number of nitrogens with two attached hydrogens (primary N) is 1. The highest BCUT2D eigenvalue weighted by Gasteiger charge is 2.20. The number of amides is 3. The smallest absolute Gasteiger partial charge is 0.335 e. The second-order valence-corrected chi connectivity index (χ2v) is 5.47. The van der Waals surface area contributed by atoms with Crippen LogP contribution >= 0.6 is 15.9 Å². The van der Waals surface area contributed by atoms with Crippen molar-refractivity contribution in [3.8, 4) is 0 Å². The van der Waals surface area contributed by atoms with Gasteiger partial charge in [0, 0.05) is 10.5 Å². The zero-order valence-electron chi connectivity index (χ0n) is 11.6. The van der Waals surface area contributed by atoms with Crippen LogP contribution in [0.1, 0.15) is 24.2 Å². The number of carbonyl (C=O) groups excluding carboxylic acids is 2. The van der Waals surface area contributed by atoms with E-state index in [1.54, 1.807) is 13.8 Å². The first-order chi connectivity index (χ1) is 9.72. The molecule has 0 aliphatic heterocycles. The first-order valence-corrected chi connectivity index (χ1v) is 6.90. The molecule has 0 bridgehead atoms. The lowest BCUT2D eigenvalue weighted by molar-refractivity contribution is -0.118. The largest absolute Gasteiger partial charge is 0.478 e. The second kappa shape index (κ2) is 7.07. The number of rotatable bonds is 5. The number of halogens is 1. The molecular formula is C13H16BrN3O4. The Morgan fingerprint density at radius 3 is 2.43 bits per heavy atom. The lowest BCUT2D eigenvalue weighted by Gasteiger charge is -2.25. The molecule has 0 aliphatic rings. The Hall–Kier alpha value is -2.09. The maximum atomic E-state index is 12.1. The summed E-state index contributed by atoms with van der Waals surface area (Å²) in [6, 6.07) is 3.51. The van der Waals surface area contributed by atoms with Gasteiger partial charge in [-0.3, -0.25) is 4.79 Å². The van der Waals surface area contributed by atoms with Crippen LogP contribution in [-0.2, 0) is 4.79 Å². The maximum absolute atomic E-state index is 12.1. The van der Waals surface area contributed by atoms with Crippen LogP contribution < -0.4 is 11.1 Å². The maximum Gasteiger partial charge on any atom is 0.335 e. The predicted molar refractivity (Wildman–Crippen MR) is 81.2 cm³/mol. The van der Waals surface area contributed by atoms with E-state index in [-0.39, 0.29) is 18.2 Å². The Kier molecular flexibility index (Phi) is 5.71. The molecule has 1 rings (SSSR count). The molecule has 8 heteroatoms. The zero-order chi connectivity index (χ0) is 16.2. The number of carboxylic acid groups (broad SMARTS) is 1. The number of carbonyl (C=O) groups is 3. The number of aromatic carboxylic acids is 1. The van der Waals surface area contributed by atoms with Gasteiger partial charge in [0.15, 0.2) is 0 Å². The summed E-state index contributed by atoms with van der Waals surface area (Å²) in [5.74, 6) is -1.68. The van der Waals surface area contributed by atoms with Crippen LogP contribution in [0.15, 0.2) is 22.7 Å². The third-order valence-corrected chi connectivity index (χ3v) is 3.32. The Morgan fingerprint density at radius 1 is 1.38 bits per heavy atom. The molecule has 0 fully saturated rings. The minimum absolute atomic E-state index is 0.0951. The van der Waals surface area contributed by atoms with Gasteiger partial charge in [0.25, 0.3) is 0 Å². The van der Waals surface area contributed by atoms with Gasteiger partial charge in [0.2, 0.25) is 5.91 Å². The van der Waals surface area contributed by atoms with Gasteiger partial charge in [0.1, 0.15) is 6.54 Å². The van der Waals surface area contributed by atoms with Gasteiger partial charge in [0.05, 0.1) is 11.3 Å². The van der Waals surface area contributed by atoms with Crippen molar-refractivity contribution in [2.45, 2.75) is 19.9 Å². The quantitative estimate of drug-likeness (QED) is 0.746. The van der Waals surface area contributed by atoms with E-state index in [1.165, 1.54) is 23.1 Å². The third-order valence-electron chi connectivity index (χ3n) is 2.67. The van der Waals surface area contributed by atoms with Crippen molar-refractivity contribution in [2.24, 2.45) is 5.73 Å². The molecule has 0 saturated heterocycles. The monoisotopic (exact) mass is 357 g/mol. The van der Waals surface area contributed by atoms with Gasteiger partial charge >= 0.3 is 12.0 Å². The first kappa shape index (κ1) is 17.0. The van der Waals surface area contributed by atoms with Gasteiger partial charge in [-0.1, -0.05) is 0 Å². The van der Waals surface area contributed by atoms with E-state index < -0.39 is 17.9 Å². The van der Waals surface area contributed by atoms with E-state index in [2.05, 4.69) is 21.2 Å². The van der Waals surface area contributed by atoms with Gasteiger partial charge in [-0.25, -0.2) is 9.59 Å². The van der Waals surface area contributed by atoms with Crippen molar-refractivity contribution in [3.05, 3.63) is 28.2 Å². The van der Waals surface area contributed by atoms with Crippen LogP contribution in [0, 0.1) is 0 Å². The fraction of sp³-hybridized carbons (Fsp3) is 0.308. The average molecular weight is 358 g/mol. The van der Waals surface area contributed by atoms with Crippen LogP contribution in [0.2, 0.25) is 0 Å². The average Bonchev–Trinajstić information content (AvgIpc) is 2.37. The Morgan fingerprint density at radius 2 is 2.00 bits per heavy atom. The number of urea groups is 1. The fourth-order valence-electron chi connectivity index (χ4n) is 1.59. The van der Waals surface area contributed by atoms with Gasteiger partial charge in [-0.2, -0.15) is 0 Å². The van der Waals surface area contributed by atoms with Crippen LogP contribution in [0.5, 0.6) is 0 Å². The van der Waals surface area contributed by atoms with E-state index in [9.17, 15) is 14.4 Å². The minimum atomic E-state index is -1.06. The summed E-state index contributed by atoms with van der Waals surface area (Å²) in [7, 11) is 0. The van der Waals surface area contributed by atoms with Crippen LogP contribution in [0.3, 0.4) is 0 Å². The normalized spacial score (nSPS) is 10.3. The number of hydrogen-bond acceptors (Lipinski definition) is 3. The van der Waals surface area contributed by atoms with Crippen molar-refractivity contribution in [1.29, 1.82) is 0 Å². The van der Waals surface area contributed by atoms with Crippen molar-refractivity contribution >= 4 is 39.5 Å². The van der Waals surface area contributed by atoms with E-state index >= 15 is 0 Å². The van der Waals surface area contributed by atoms with Crippen molar-refractivity contribution in [1.82, 2.24) is 4.90 Å². The third kappa shape index (κ3) is 4.75. The summed E-state index contributed by atoms with van der Waals surface area (Å²) in [5.41, 5.74) is 5.61. The minimum Gasteiger partial charge on any atom is -0.478 e. The molecule has 114 valence electrons. The number of nitrogens with one attached hydrogen (secondary N) is 1. The highest BCUT2D eigenvalue weighted by molar-refractivity contribution is 9.10. The predicted octanol–water partition coefficient (Wildman–Crippen LogP) is 1.87. The first-order valence-electron chi connectivity index (χ1n) is 6.11. The van der Waals surface area contributed by atoms with Crippen LogP contribution in [0.4, 0.5) is 10.5 Å². The molecule has 0 spiro atoms. The zero-order valence-corrected chi connectivity index (χ0v) is 13.2. The van der Waals surface area contributed by atoms with Crippen LogP contribution in [0.25, 0.3) is 0 Å². The highest BCUT2D eigenvalue weighted by atomic mass is 79.9. The molecule has 0 atom stereocenters. The highest BCUT2D eigenvalue weighted by Crippen LogP contribution is 2.24. The standard InChI is InChI=1S/C13H16BrN3O4/c1-7(2)17(6-11(15)18)13(21)16-10-4-3-8(12(19)20)5-9(10)14/h3-5,7H,6H2,1-2H3,(H2,15,18)(H,16,21)(H,19,20). The lowest BCUT2D eigenvalue weighted by Crippen LogP contribution is -2.45. The van der Waals surface area contributed by atoms with Gasteiger partial charge in [-0.15, -0.1) is 0 Å². The van der Waals surface area contributed by atoms with E-state index in [0.29, 0.717) is 10.2 Å². The molecule has 1 aromatic carbocycles. The summed E-state index contributed by atoms with van der Waals surface area (Å²) < 4.78 is 0.429. The number of hydrogen-bond donors (Lipinski definition) is 3. The second-order valence-electron chi connectivity index (χ2n) is 4.62. The molecule has 4 N–H and O–H groups in total. The molecule has 3 amide bonds. The molecule has 0 saturated carbocycles. The summed E-state index contributed by atoms with van der Waals surface area (Å²) in [6.07, 6.45) is 0. The SMILES string of the molecule is CC(C)N(CC(N)=O)C(=O)Nc1ccc(C(=O)O)cc1Br. The Balaban J connectivity index is 2.91. The molecule has 21 heavy (non-hydrogen) atoms. The summed E-state index contributed by atoms with van der Waals surface area (Å²) in [5, 5.41) is 11.5. The van der Waals surface area contributed by atoms with Gasteiger partial charge < -0.3 is 21.1 Å². The molecule has 7 nitrogen and oxygen atoms in total. The van der Waals surface area contributed by atoms with E-state index in [1.807, 2.05) is 0 Å². The van der Waals surface area contributed by atoms with Crippen LogP contribution in [-0.4, -0.2) is 40.5 Å². The molecule has 0 aromatic heterocycles. The molecule has 0 aliphatic carbocycles. The van der Waals surface area contributed by atoms with E-state index in [0.717, 1.165) is 0 Å². The summed E-state index contributed by atoms with van der Waals surface area (Å²) in [4.78, 5) is 35.2. The number of carboxylic acids is 1. The number of nitrogens with zero attached hydrogens (tertiary/aromatic N) is 1.